The van der Waals surface area contributed by atoms with Gasteiger partial charge in [0.2, 0.25) is 0 Å². The van der Waals surface area contributed by atoms with Crippen molar-refractivity contribution in [3.05, 3.63) is 64.4 Å². The molecule has 0 saturated heterocycles. The van der Waals surface area contributed by atoms with E-state index in [-0.39, 0.29) is 5.69 Å². The molecule has 0 bridgehead atoms. The normalized spacial score (nSPS) is 11.1. The lowest BCUT2D eigenvalue weighted by molar-refractivity contribution is -0.384. The number of nitro benzene ring substituents is 1. The third-order valence-electron chi connectivity index (χ3n) is 3.04. The smallest absolute Gasteiger partial charge is 0.269 e. The van der Waals surface area contributed by atoms with Crippen LogP contribution in [0.25, 0.3) is 11.3 Å². The van der Waals surface area contributed by atoms with Crippen LogP contribution in [0.2, 0.25) is 0 Å². The predicted octanol–water partition coefficient (Wildman–Crippen LogP) is 2.64. The lowest BCUT2D eigenvalue weighted by atomic mass is 10.1. The predicted molar refractivity (Wildman–Crippen MR) is 78.5 cm³/mol. The van der Waals surface area contributed by atoms with E-state index < -0.39 is 4.92 Å². The highest BCUT2D eigenvalue weighted by molar-refractivity contribution is 5.77. The van der Waals surface area contributed by atoms with Crippen LogP contribution in [0.4, 0.5) is 5.69 Å². The Kier molecular flexibility index (Phi) is 3.48. The van der Waals surface area contributed by atoms with E-state index in [1.54, 1.807) is 25.1 Å². The zero-order chi connectivity index (χ0) is 15.5. The maximum Gasteiger partial charge on any atom is 0.269 e. The molecule has 0 atom stereocenters. The van der Waals surface area contributed by atoms with Crippen LogP contribution < -0.4 is 0 Å². The van der Waals surface area contributed by atoms with Gasteiger partial charge in [0.1, 0.15) is 24.2 Å². The molecule has 3 aromatic rings. The van der Waals surface area contributed by atoms with Crippen molar-refractivity contribution in [2.75, 3.05) is 0 Å². The molecule has 0 aliphatic rings. The molecular formula is C14H11N5O3. The van der Waals surface area contributed by atoms with Crippen LogP contribution in [0.1, 0.15) is 11.3 Å². The molecule has 1 aromatic carbocycles. The molecule has 22 heavy (non-hydrogen) atoms. The number of furan rings is 1. The Morgan fingerprint density at radius 1 is 1.27 bits per heavy atom. The van der Waals surface area contributed by atoms with Crippen LogP contribution >= 0.6 is 0 Å². The summed E-state index contributed by atoms with van der Waals surface area (Å²) in [4.78, 5) is 10.3. The summed E-state index contributed by atoms with van der Waals surface area (Å²) in [6.45, 7) is 1.80. The second-order valence-electron chi connectivity index (χ2n) is 4.54. The average molecular weight is 297 g/mol. The number of rotatable bonds is 4. The molecule has 0 aliphatic heterocycles. The van der Waals surface area contributed by atoms with Crippen LogP contribution in [-0.2, 0) is 0 Å². The first-order chi connectivity index (χ1) is 10.6. The molecule has 0 spiro atoms. The average Bonchev–Trinajstić information content (AvgIpc) is 3.16. The summed E-state index contributed by atoms with van der Waals surface area (Å²) in [6, 6.07) is 8.21. The van der Waals surface area contributed by atoms with Crippen LogP contribution in [0, 0.1) is 17.0 Å². The molecule has 0 unspecified atom stereocenters. The third kappa shape index (κ3) is 2.75. The minimum atomic E-state index is -0.420. The topological polar surface area (TPSA) is 99.3 Å². The number of non-ortho nitro benzene ring substituents is 1. The Bertz CT molecular complexity index is 836. The Balaban J connectivity index is 1.86. The van der Waals surface area contributed by atoms with Gasteiger partial charge in [-0.3, -0.25) is 10.1 Å². The molecule has 0 amide bonds. The second-order valence-corrected chi connectivity index (χ2v) is 4.54. The molecule has 0 aliphatic carbocycles. The number of nitrogens with zero attached hydrogens (tertiary/aromatic N) is 5. The molecule has 0 N–H and O–H groups in total. The molecule has 0 radical (unpaired) electrons. The third-order valence-corrected chi connectivity index (χ3v) is 3.04. The van der Waals surface area contributed by atoms with Crippen LogP contribution in [-0.4, -0.2) is 26.0 Å². The summed E-state index contributed by atoms with van der Waals surface area (Å²) in [5.74, 6) is 1.18. The Labute approximate surface area is 124 Å². The van der Waals surface area contributed by atoms with Crippen LogP contribution in [0.5, 0.6) is 0 Å². The van der Waals surface area contributed by atoms with Gasteiger partial charge < -0.3 is 4.42 Å². The minimum absolute atomic E-state index is 0.0576. The summed E-state index contributed by atoms with van der Waals surface area (Å²) in [6.07, 6.45) is 4.45. The zero-order valence-corrected chi connectivity index (χ0v) is 11.6. The molecule has 110 valence electrons. The van der Waals surface area contributed by atoms with E-state index in [0.29, 0.717) is 11.5 Å². The van der Waals surface area contributed by atoms with E-state index in [2.05, 4.69) is 15.3 Å². The van der Waals surface area contributed by atoms with E-state index in [1.807, 2.05) is 0 Å². The SMILES string of the molecule is Cc1cc([N+](=O)[O-])ccc1-c1ccc(/C=N\n2cnnc2)o1. The largest absolute Gasteiger partial charge is 0.455 e. The highest BCUT2D eigenvalue weighted by Crippen LogP contribution is 2.28. The first-order valence-electron chi connectivity index (χ1n) is 6.38. The molecule has 0 fully saturated rings. The number of hydrogen-bond donors (Lipinski definition) is 0. The van der Waals surface area contributed by atoms with Gasteiger partial charge >= 0.3 is 0 Å². The van der Waals surface area contributed by atoms with Crippen molar-refractivity contribution in [3.8, 4) is 11.3 Å². The van der Waals surface area contributed by atoms with E-state index in [4.69, 9.17) is 4.42 Å². The van der Waals surface area contributed by atoms with Crippen LogP contribution in [0.15, 0.2) is 52.5 Å². The van der Waals surface area contributed by atoms with Gasteiger partial charge in [-0.05, 0) is 30.7 Å². The number of aryl methyl sites for hydroxylation is 1. The van der Waals surface area contributed by atoms with E-state index in [0.717, 1.165) is 11.1 Å². The summed E-state index contributed by atoms with van der Waals surface area (Å²) in [5.41, 5.74) is 1.63. The fraction of sp³-hybridized carbons (Fsp3) is 0.0714. The highest BCUT2D eigenvalue weighted by Gasteiger charge is 2.11. The number of aromatic nitrogens is 3. The van der Waals surface area contributed by atoms with E-state index in [1.165, 1.54) is 35.7 Å². The highest BCUT2D eigenvalue weighted by atomic mass is 16.6. The number of benzene rings is 1. The van der Waals surface area contributed by atoms with Gasteiger partial charge in [-0.15, -0.1) is 10.2 Å². The van der Waals surface area contributed by atoms with Crippen molar-refractivity contribution >= 4 is 11.9 Å². The van der Waals surface area contributed by atoms with Gasteiger partial charge in [-0.2, -0.15) is 5.10 Å². The maximum atomic E-state index is 10.8. The van der Waals surface area contributed by atoms with Gasteiger partial charge in [0.25, 0.3) is 5.69 Å². The van der Waals surface area contributed by atoms with Gasteiger partial charge in [-0.25, -0.2) is 4.68 Å². The maximum absolute atomic E-state index is 10.8. The lowest BCUT2D eigenvalue weighted by Crippen LogP contribution is -1.90. The standard InChI is InChI=1S/C14H11N5O3/c1-10-6-11(19(20)21)2-4-13(10)14-5-3-12(22-14)7-17-18-8-15-16-9-18/h2-9H,1H3/b17-7-. The first kappa shape index (κ1) is 13.7. The summed E-state index contributed by atoms with van der Waals surface area (Å²) in [5, 5.41) is 22.1. The Morgan fingerprint density at radius 2 is 2.05 bits per heavy atom. The Morgan fingerprint density at radius 3 is 2.73 bits per heavy atom. The van der Waals surface area contributed by atoms with Crippen molar-refractivity contribution in [1.29, 1.82) is 0 Å². The van der Waals surface area contributed by atoms with E-state index >= 15 is 0 Å². The molecule has 0 saturated carbocycles. The van der Waals surface area contributed by atoms with Crippen molar-refractivity contribution in [3.63, 3.8) is 0 Å². The van der Waals surface area contributed by atoms with Crippen molar-refractivity contribution in [2.45, 2.75) is 6.92 Å². The number of hydrogen-bond acceptors (Lipinski definition) is 6. The Hall–Kier alpha value is -3.29. The van der Waals surface area contributed by atoms with Gasteiger partial charge in [0.15, 0.2) is 0 Å². The number of nitro groups is 1. The van der Waals surface area contributed by atoms with Gasteiger partial charge in [0, 0.05) is 17.7 Å². The quantitative estimate of drug-likeness (QED) is 0.418. The summed E-state index contributed by atoms with van der Waals surface area (Å²) in [7, 11) is 0. The summed E-state index contributed by atoms with van der Waals surface area (Å²) < 4.78 is 7.12. The van der Waals surface area contributed by atoms with Gasteiger partial charge in [0.05, 0.1) is 11.1 Å². The molecule has 8 nitrogen and oxygen atoms in total. The molecular weight excluding hydrogens is 286 g/mol. The van der Waals surface area contributed by atoms with E-state index in [9.17, 15) is 10.1 Å². The monoisotopic (exact) mass is 297 g/mol. The van der Waals surface area contributed by atoms with Crippen molar-refractivity contribution < 1.29 is 9.34 Å². The first-order valence-corrected chi connectivity index (χ1v) is 6.38. The molecule has 2 aromatic heterocycles. The molecule has 3 rings (SSSR count). The summed E-state index contributed by atoms with van der Waals surface area (Å²) >= 11 is 0. The van der Waals surface area contributed by atoms with Crippen molar-refractivity contribution in [2.24, 2.45) is 5.10 Å². The fourth-order valence-electron chi connectivity index (χ4n) is 1.98. The molecule has 2 heterocycles. The minimum Gasteiger partial charge on any atom is -0.455 e. The zero-order valence-electron chi connectivity index (χ0n) is 11.6. The molecule has 8 heteroatoms. The lowest BCUT2D eigenvalue weighted by Gasteiger charge is -2.02. The second kappa shape index (κ2) is 5.60. The van der Waals surface area contributed by atoms with Crippen LogP contribution in [0.3, 0.4) is 0 Å². The van der Waals surface area contributed by atoms with Gasteiger partial charge in [-0.1, -0.05) is 0 Å². The van der Waals surface area contributed by atoms with Crippen molar-refractivity contribution in [1.82, 2.24) is 14.9 Å². The fourth-order valence-corrected chi connectivity index (χ4v) is 1.98.